The molecule has 6 nitrogen and oxygen atoms in total. The van der Waals surface area contributed by atoms with Gasteiger partial charge in [0.05, 0.1) is 16.3 Å². The second kappa shape index (κ2) is 5.44. The van der Waals surface area contributed by atoms with Crippen molar-refractivity contribution in [3.05, 3.63) is 30.3 Å². The van der Waals surface area contributed by atoms with Crippen molar-refractivity contribution in [2.75, 3.05) is 0 Å². The van der Waals surface area contributed by atoms with Crippen LogP contribution in [0.15, 0.2) is 45.5 Å². The summed E-state index contributed by atoms with van der Waals surface area (Å²) in [5, 5.41) is 15.0. The lowest BCUT2D eigenvalue weighted by Crippen LogP contribution is -2.21. The Labute approximate surface area is 99.7 Å². The lowest BCUT2D eigenvalue weighted by atomic mass is 10.3. The zero-order valence-corrected chi connectivity index (χ0v) is 10.3. The molecule has 17 heavy (non-hydrogen) atoms. The molecule has 0 saturated heterocycles. The minimum absolute atomic E-state index is 0.121. The Morgan fingerprint density at radius 3 is 2.29 bits per heavy atom. The van der Waals surface area contributed by atoms with E-state index in [-0.39, 0.29) is 16.3 Å². The number of nitrogens with zero attached hydrogens (tertiary/aromatic N) is 2. The van der Waals surface area contributed by atoms with Gasteiger partial charge in [-0.1, -0.05) is 23.4 Å². The van der Waals surface area contributed by atoms with Gasteiger partial charge in [0.25, 0.3) is 10.0 Å². The number of hydrazone groups is 1. The van der Waals surface area contributed by atoms with E-state index in [2.05, 4.69) is 15.1 Å². The molecule has 0 bridgehead atoms. The maximum atomic E-state index is 11.7. The zero-order chi connectivity index (χ0) is 12.9. The molecule has 1 aromatic rings. The second-order valence-electron chi connectivity index (χ2n) is 3.29. The lowest BCUT2D eigenvalue weighted by molar-refractivity contribution is 0.320. The molecule has 0 unspecified atom stereocenters. The van der Waals surface area contributed by atoms with Crippen molar-refractivity contribution in [1.29, 1.82) is 0 Å². The fraction of sp³-hybridized carbons (Fsp3) is 0.200. The fourth-order valence-corrected chi connectivity index (χ4v) is 1.81. The Bertz CT molecular complexity index is 535. The van der Waals surface area contributed by atoms with Crippen LogP contribution in [0, 0.1) is 0 Å². The van der Waals surface area contributed by atoms with Crippen LogP contribution >= 0.6 is 0 Å². The van der Waals surface area contributed by atoms with E-state index >= 15 is 0 Å². The third kappa shape index (κ3) is 3.56. The Kier molecular flexibility index (Phi) is 4.22. The van der Waals surface area contributed by atoms with Crippen molar-refractivity contribution in [2.45, 2.75) is 18.7 Å². The van der Waals surface area contributed by atoms with Crippen LogP contribution < -0.4 is 4.83 Å². The maximum absolute atomic E-state index is 11.7. The second-order valence-corrected chi connectivity index (χ2v) is 4.95. The average molecular weight is 255 g/mol. The van der Waals surface area contributed by atoms with Crippen molar-refractivity contribution in [3.63, 3.8) is 0 Å². The molecule has 0 atom stereocenters. The van der Waals surface area contributed by atoms with E-state index in [0.29, 0.717) is 0 Å². The Balaban J connectivity index is 2.90. The summed E-state index contributed by atoms with van der Waals surface area (Å²) in [6.07, 6.45) is 0. The van der Waals surface area contributed by atoms with E-state index in [0.717, 1.165) is 0 Å². The van der Waals surface area contributed by atoms with Crippen LogP contribution in [0.1, 0.15) is 13.8 Å². The number of oxime groups is 1. The first-order chi connectivity index (χ1) is 7.97. The van der Waals surface area contributed by atoms with Gasteiger partial charge in [-0.3, -0.25) is 0 Å². The highest BCUT2D eigenvalue weighted by atomic mass is 32.2. The average Bonchev–Trinajstić information content (AvgIpc) is 2.36. The van der Waals surface area contributed by atoms with Gasteiger partial charge in [0.2, 0.25) is 0 Å². The van der Waals surface area contributed by atoms with Crippen LogP contribution in [-0.4, -0.2) is 25.0 Å². The van der Waals surface area contributed by atoms with Gasteiger partial charge in [0, 0.05) is 0 Å². The molecule has 7 heteroatoms. The molecule has 0 aliphatic rings. The van der Waals surface area contributed by atoms with Gasteiger partial charge >= 0.3 is 0 Å². The van der Waals surface area contributed by atoms with E-state index in [9.17, 15) is 8.42 Å². The van der Waals surface area contributed by atoms with E-state index in [1.165, 1.54) is 26.0 Å². The molecular weight excluding hydrogens is 242 g/mol. The first-order valence-corrected chi connectivity index (χ1v) is 6.26. The first-order valence-electron chi connectivity index (χ1n) is 4.77. The van der Waals surface area contributed by atoms with Crippen LogP contribution in [0.2, 0.25) is 0 Å². The minimum Gasteiger partial charge on any atom is -0.411 e. The number of hydrogen-bond donors (Lipinski definition) is 2. The summed E-state index contributed by atoms with van der Waals surface area (Å²) in [4.78, 5) is 2.18. The van der Waals surface area contributed by atoms with Crippen molar-refractivity contribution in [3.8, 4) is 0 Å². The highest BCUT2D eigenvalue weighted by Crippen LogP contribution is 2.06. The Morgan fingerprint density at radius 1 is 1.18 bits per heavy atom. The number of sulfonamides is 1. The molecule has 1 aromatic carbocycles. The SMILES string of the molecule is CC(=N/O)/C(C)=N\NS(=O)(=O)c1ccccc1. The number of rotatable bonds is 4. The van der Waals surface area contributed by atoms with Crippen LogP contribution in [0.3, 0.4) is 0 Å². The van der Waals surface area contributed by atoms with E-state index in [1.807, 2.05) is 0 Å². The molecular formula is C10H13N3O3S. The van der Waals surface area contributed by atoms with Crippen LogP contribution in [0.5, 0.6) is 0 Å². The highest BCUT2D eigenvalue weighted by molar-refractivity contribution is 7.89. The molecule has 0 spiro atoms. The van der Waals surface area contributed by atoms with Crippen LogP contribution in [0.4, 0.5) is 0 Å². The fourth-order valence-electron chi connectivity index (χ4n) is 0.934. The molecule has 0 amide bonds. The van der Waals surface area contributed by atoms with Crippen molar-refractivity contribution >= 4 is 21.4 Å². The van der Waals surface area contributed by atoms with Crippen molar-refractivity contribution in [2.24, 2.45) is 10.3 Å². The predicted octanol–water partition coefficient (Wildman–Crippen LogP) is 1.19. The number of hydrogen-bond acceptors (Lipinski definition) is 5. The van der Waals surface area contributed by atoms with E-state index in [1.54, 1.807) is 18.2 Å². The molecule has 0 radical (unpaired) electrons. The van der Waals surface area contributed by atoms with Gasteiger partial charge in [-0.15, -0.1) is 0 Å². The Hall–Kier alpha value is -1.89. The highest BCUT2D eigenvalue weighted by Gasteiger charge is 2.11. The van der Waals surface area contributed by atoms with Gasteiger partial charge in [-0.25, -0.2) is 0 Å². The van der Waals surface area contributed by atoms with E-state index in [4.69, 9.17) is 5.21 Å². The quantitative estimate of drug-likeness (QED) is 0.481. The van der Waals surface area contributed by atoms with E-state index < -0.39 is 10.0 Å². The molecule has 2 N–H and O–H groups in total. The summed E-state index contributed by atoms with van der Waals surface area (Å²) in [6.45, 7) is 3.04. The molecule has 0 fully saturated rings. The summed E-state index contributed by atoms with van der Waals surface area (Å²) < 4.78 is 23.5. The van der Waals surface area contributed by atoms with Crippen LogP contribution in [0.25, 0.3) is 0 Å². The molecule has 0 heterocycles. The van der Waals surface area contributed by atoms with Crippen LogP contribution in [-0.2, 0) is 10.0 Å². The summed E-state index contributed by atoms with van der Waals surface area (Å²) in [6, 6.07) is 7.87. The van der Waals surface area contributed by atoms with Gasteiger partial charge in [-0.05, 0) is 26.0 Å². The smallest absolute Gasteiger partial charge is 0.276 e. The standard InChI is InChI=1S/C10H13N3O3S/c1-8(9(2)12-14)11-13-17(15,16)10-6-4-3-5-7-10/h3-7,13-14H,1-2H3/b11-8-,12-9-. The normalized spacial score (nSPS) is 13.5. The number of nitrogens with one attached hydrogen (secondary N) is 1. The van der Waals surface area contributed by atoms with Crippen molar-refractivity contribution < 1.29 is 13.6 Å². The van der Waals surface area contributed by atoms with Gasteiger partial charge in [-0.2, -0.15) is 18.4 Å². The monoisotopic (exact) mass is 255 g/mol. The van der Waals surface area contributed by atoms with Gasteiger partial charge in [0.1, 0.15) is 0 Å². The maximum Gasteiger partial charge on any atom is 0.276 e. The summed E-state index contributed by atoms with van der Waals surface area (Å²) in [5.41, 5.74) is 0.521. The third-order valence-electron chi connectivity index (χ3n) is 2.06. The molecule has 0 aliphatic carbocycles. The molecule has 92 valence electrons. The van der Waals surface area contributed by atoms with Gasteiger partial charge in [0.15, 0.2) is 0 Å². The zero-order valence-electron chi connectivity index (χ0n) is 9.45. The summed E-state index contributed by atoms with van der Waals surface area (Å²) in [7, 11) is -3.67. The van der Waals surface area contributed by atoms with Gasteiger partial charge < -0.3 is 5.21 Å². The summed E-state index contributed by atoms with van der Waals surface area (Å²) in [5.74, 6) is 0. The number of benzene rings is 1. The predicted molar refractivity (Wildman–Crippen MR) is 64.8 cm³/mol. The first kappa shape index (κ1) is 13.2. The molecule has 1 rings (SSSR count). The lowest BCUT2D eigenvalue weighted by Gasteiger charge is -2.04. The largest absolute Gasteiger partial charge is 0.411 e. The summed E-state index contributed by atoms with van der Waals surface area (Å²) >= 11 is 0. The Morgan fingerprint density at radius 2 is 1.76 bits per heavy atom. The minimum atomic E-state index is -3.67. The molecule has 0 aliphatic heterocycles. The molecule has 0 aromatic heterocycles. The third-order valence-corrected chi connectivity index (χ3v) is 3.29. The topological polar surface area (TPSA) is 91.1 Å². The van der Waals surface area contributed by atoms with Crippen molar-refractivity contribution in [1.82, 2.24) is 4.83 Å². The molecule has 0 saturated carbocycles.